The molecule has 0 radical (unpaired) electrons. The molecule has 0 amide bonds. The highest BCUT2D eigenvalue weighted by Gasteiger charge is 2.45. The van der Waals surface area contributed by atoms with E-state index in [1.165, 1.54) is 51.4 Å². The van der Waals surface area contributed by atoms with Gasteiger partial charge in [-0.1, -0.05) is 13.3 Å². The van der Waals surface area contributed by atoms with Crippen molar-refractivity contribution in [3.63, 3.8) is 0 Å². The number of hydrogen-bond donors (Lipinski definition) is 1. The Hall–Kier alpha value is -0.0400. The predicted molar refractivity (Wildman–Crippen MR) is 52.0 cm³/mol. The lowest BCUT2D eigenvalue weighted by molar-refractivity contribution is 0.0368. The molecule has 0 spiro atoms. The minimum Gasteiger partial charge on any atom is -0.325 e. The van der Waals surface area contributed by atoms with Crippen molar-refractivity contribution in [3.8, 4) is 0 Å². The number of nitrogens with two attached hydrogens (primary N) is 1. The Balaban J connectivity index is 2.04. The molecule has 3 aliphatic rings. The summed E-state index contributed by atoms with van der Waals surface area (Å²) < 4.78 is 0. The van der Waals surface area contributed by atoms with Gasteiger partial charge in [-0.2, -0.15) is 0 Å². The van der Waals surface area contributed by atoms with Gasteiger partial charge in [-0.15, -0.1) is 0 Å². The number of rotatable bonds is 2. The van der Waals surface area contributed by atoms with E-state index in [1.54, 1.807) is 0 Å². The third-order valence-corrected chi connectivity index (χ3v) is 4.24. The summed E-state index contributed by atoms with van der Waals surface area (Å²) in [4.78, 5) is 0. The molecule has 3 aliphatic carbocycles. The van der Waals surface area contributed by atoms with E-state index in [4.69, 9.17) is 5.73 Å². The van der Waals surface area contributed by atoms with E-state index in [0.29, 0.717) is 0 Å². The van der Waals surface area contributed by atoms with Crippen LogP contribution in [0.1, 0.15) is 58.3 Å². The van der Waals surface area contributed by atoms with E-state index in [0.717, 1.165) is 5.41 Å². The minimum absolute atomic E-state index is 0.259. The van der Waals surface area contributed by atoms with Gasteiger partial charge in [0.25, 0.3) is 0 Å². The normalized spacial score (nSPS) is 46.5. The average Bonchev–Trinajstić information content (AvgIpc) is 2.08. The Kier molecular flexibility index (Phi) is 1.95. The molecule has 0 aromatic rings. The van der Waals surface area contributed by atoms with Gasteiger partial charge >= 0.3 is 0 Å². The van der Waals surface area contributed by atoms with E-state index < -0.39 is 0 Å². The number of hydrogen-bond acceptors (Lipinski definition) is 1. The molecule has 0 saturated heterocycles. The quantitative estimate of drug-likeness (QED) is 0.672. The van der Waals surface area contributed by atoms with E-state index in [2.05, 4.69) is 6.92 Å². The summed E-state index contributed by atoms with van der Waals surface area (Å²) in [6.07, 6.45) is 10.9. The Morgan fingerprint density at radius 2 is 1.50 bits per heavy atom. The van der Waals surface area contributed by atoms with Crippen LogP contribution >= 0.6 is 0 Å². The molecule has 1 heteroatoms. The first-order valence-corrected chi connectivity index (χ1v) is 5.47. The lowest BCUT2D eigenvalue weighted by Gasteiger charge is -2.52. The zero-order chi connectivity index (χ0) is 8.66. The van der Waals surface area contributed by atoms with Gasteiger partial charge in [-0.25, -0.2) is 0 Å². The third-order valence-electron chi connectivity index (χ3n) is 4.24. The molecular formula is C11H21N. The maximum absolute atomic E-state index is 6.25. The van der Waals surface area contributed by atoms with Crippen molar-refractivity contribution in [2.45, 2.75) is 63.8 Å². The topological polar surface area (TPSA) is 26.0 Å². The first kappa shape index (κ1) is 8.55. The molecule has 3 fully saturated rings. The zero-order valence-corrected chi connectivity index (χ0v) is 8.23. The van der Waals surface area contributed by atoms with E-state index in [9.17, 15) is 0 Å². The second-order valence-corrected chi connectivity index (χ2v) is 5.11. The van der Waals surface area contributed by atoms with Crippen molar-refractivity contribution in [2.24, 2.45) is 11.1 Å². The first-order valence-electron chi connectivity index (χ1n) is 5.47. The summed E-state index contributed by atoms with van der Waals surface area (Å²) in [6.45, 7) is 2.31. The Morgan fingerprint density at radius 3 is 1.92 bits per heavy atom. The monoisotopic (exact) mass is 167 g/mol. The van der Waals surface area contributed by atoms with Crippen LogP contribution in [-0.4, -0.2) is 5.54 Å². The van der Waals surface area contributed by atoms with Crippen LogP contribution in [0.15, 0.2) is 0 Å². The maximum Gasteiger partial charge on any atom is 0.0155 e. The standard InChI is InChI=1S/C11H21N/c1-2-3-10-4-7-11(12,8-5-10)9-6-10/h2-9,12H2,1H3. The molecule has 0 unspecified atom stereocenters. The van der Waals surface area contributed by atoms with Crippen molar-refractivity contribution in [2.75, 3.05) is 0 Å². The van der Waals surface area contributed by atoms with Crippen molar-refractivity contribution < 1.29 is 0 Å². The van der Waals surface area contributed by atoms with E-state index >= 15 is 0 Å². The molecular weight excluding hydrogens is 146 g/mol. The van der Waals surface area contributed by atoms with Gasteiger partial charge in [0, 0.05) is 5.54 Å². The van der Waals surface area contributed by atoms with Gasteiger partial charge in [0.1, 0.15) is 0 Å². The summed E-state index contributed by atoms with van der Waals surface area (Å²) >= 11 is 0. The van der Waals surface area contributed by atoms with Crippen LogP contribution in [0.2, 0.25) is 0 Å². The fourth-order valence-corrected chi connectivity index (χ4v) is 3.20. The summed E-state index contributed by atoms with van der Waals surface area (Å²) in [5.74, 6) is 0. The van der Waals surface area contributed by atoms with Crippen molar-refractivity contribution in [1.29, 1.82) is 0 Å². The van der Waals surface area contributed by atoms with E-state index in [-0.39, 0.29) is 5.54 Å². The highest BCUT2D eigenvalue weighted by Crippen LogP contribution is 2.53. The highest BCUT2D eigenvalue weighted by molar-refractivity contribution is 5.02. The molecule has 1 nitrogen and oxygen atoms in total. The lowest BCUT2D eigenvalue weighted by atomic mass is 9.56. The SMILES string of the molecule is CCCC12CCC(N)(CC1)CC2. The van der Waals surface area contributed by atoms with Crippen LogP contribution in [0, 0.1) is 5.41 Å². The second kappa shape index (κ2) is 2.73. The van der Waals surface area contributed by atoms with Gasteiger partial charge in [-0.05, 0) is 50.4 Å². The molecule has 0 atom stereocenters. The van der Waals surface area contributed by atoms with Gasteiger partial charge < -0.3 is 5.73 Å². The fraction of sp³-hybridized carbons (Fsp3) is 1.00. The van der Waals surface area contributed by atoms with Crippen molar-refractivity contribution >= 4 is 0 Å². The predicted octanol–water partition coefficient (Wildman–Crippen LogP) is 2.84. The smallest absolute Gasteiger partial charge is 0.0155 e. The van der Waals surface area contributed by atoms with Gasteiger partial charge in [0.2, 0.25) is 0 Å². The van der Waals surface area contributed by atoms with Crippen molar-refractivity contribution in [1.82, 2.24) is 0 Å². The Morgan fingerprint density at radius 1 is 1.00 bits per heavy atom. The highest BCUT2D eigenvalue weighted by atomic mass is 14.8. The third kappa shape index (κ3) is 1.28. The molecule has 70 valence electrons. The molecule has 0 aromatic heterocycles. The Labute approximate surface area is 75.7 Å². The van der Waals surface area contributed by atoms with Gasteiger partial charge in [-0.3, -0.25) is 0 Å². The van der Waals surface area contributed by atoms with Crippen LogP contribution in [0.3, 0.4) is 0 Å². The summed E-state index contributed by atoms with van der Waals surface area (Å²) in [7, 11) is 0. The first-order chi connectivity index (χ1) is 5.68. The Bertz CT molecular complexity index is 149. The molecule has 2 N–H and O–H groups in total. The largest absolute Gasteiger partial charge is 0.325 e. The van der Waals surface area contributed by atoms with E-state index in [1.807, 2.05) is 0 Å². The van der Waals surface area contributed by atoms with Crippen LogP contribution in [0.25, 0.3) is 0 Å². The molecule has 12 heavy (non-hydrogen) atoms. The molecule has 3 rings (SSSR count). The summed E-state index contributed by atoms with van der Waals surface area (Å²) in [6, 6.07) is 0. The zero-order valence-electron chi connectivity index (χ0n) is 8.23. The fourth-order valence-electron chi connectivity index (χ4n) is 3.20. The van der Waals surface area contributed by atoms with Crippen LogP contribution < -0.4 is 5.73 Å². The molecule has 3 saturated carbocycles. The summed E-state index contributed by atoms with van der Waals surface area (Å²) in [5.41, 5.74) is 7.24. The number of fused-ring (bicyclic) bond motifs is 3. The van der Waals surface area contributed by atoms with Crippen molar-refractivity contribution in [3.05, 3.63) is 0 Å². The van der Waals surface area contributed by atoms with Gasteiger partial charge in [0.15, 0.2) is 0 Å². The van der Waals surface area contributed by atoms with Crippen LogP contribution in [0.4, 0.5) is 0 Å². The lowest BCUT2D eigenvalue weighted by Crippen LogP contribution is -2.51. The van der Waals surface area contributed by atoms with Crippen LogP contribution in [0.5, 0.6) is 0 Å². The molecule has 0 aromatic carbocycles. The minimum atomic E-state index is 0.259. The molecule has 0 aliphatic heterocycles. The maximum atomic E-state index is 6.25. The van der Waals surface area contributed by atoms with Crippen LogP contribution in [-0.2, 0) is 0 Å². The second-order valence-electron chi connectivity index (χ2n) is 5.11. The molecule has 2 bridgehead atoms. The summed E-state index contributed by atoms with van der Waals surface area (Å²) in [5, 5.41) is 0. The molecule has 0 heterocycles. The van der Waals surface area contributed by atoms with Gasteiger partial charge in [0.05, 0.1) is 0 Å². The average molecular weight is 167 g/mol.